The zero-order chi connectivity index (χ0) is 15.2. The van der Waals surface area contributed by atoms with Crippen molar-refractivity contribution in [2.45, 2.75) is 20.4 Å². The summed E-state index contributed by atoms with van der Waals surface area (Å²) in [5.74, 6) is 0.148. The molecule has 5 nitrogen and oxygen atoms in total. The number of nitrogens with zero attached hydrogens (tertiary/aromatic N) is 2. The van der Waals surface area contributed by atoms with Crippen molar-refractivity contribution in [3.63, 3.8) is 0 Å². The Morgan fingerprint density at radius 1 is 1.35 bits per heavy atom. The minimum absolute atomic E-state index is 0.148. The van der Waals surface area contributed by atoms with E-state index in [1.807, 2.05) is 24.3 Å². The fourth-order valence-electron chi connectivity index (χ4n) is 2.43. The van der Waals surface area contributed by atoms with E-state index >= 15 is 0 Å². The van der Waals surface area contributed by atoms with Crippen LogP contribution in [-0.2, 0) is 6.54 Å². The molecule has 0 unspecified atom stereocenters. The number of nitrogens with two attached hydrogens (primary N) is 1. The predicted octanol–water partition coefficient (Wildman–Crippen LogP) is 1.46. The van der Waals surface area contributed by atoms with Gasteiger partial charge in [0.2, 0.25) is 0 Å². The van der Waals surface area contributed by atoms with Crippen molar-refractivity contribution < 1.29 is 5.21 Å². The molecular formula is C15H26N4O. The molecule has 1 aromatic rings. The van der Waals surface area contributed by atoms with Gasteiger partial charge in [0.1, 0.15) is 0 Å². The van der Waals surface area contributed by atoms with Gasteiger partial charge >= 0.3 is 0 Å². The van der Waals surface area contributed by atoms with Crippen LogP contribution in [0.3, 0.4) is 0 Å². The summed E-state index contributed by atoms with van der Waals surface area (Å²) in [6.45, 7) is 7.08. The summed E-state index contributed by atoms with van der Waals surface area (Å²) in [4.78, 5) is 2.19. The minimum Gasteiger partial charge on any atom is -0.409 e. The molecule has 0 saturated heterocycles. The normalized spacial score (nSPS) is 12.9. The van der Waals surface area contributed by atoms with Gasteiger partial charge in [-0.3, -0.25) is 0 Å². The van der Waals surface area contributed by atoms with Crippen LogP contribution in [0, 0.1) is 5.41 Å². The Morgan fingerprint density at radius 3 is 2.60 bits per heavy atom. The first-order valence-electron chi connectivity index (χ1n) is 6.77. The van der Waals surface area contributed by atoms with Crippen molar-refractivity contribution in [1.82, 2.24) is 10.2 Å². The van der Waals surface area contributed by atoms with Crippen LogP contribution in [-0.4, -0.2) is 43.1 Å². The smallest absolute Gasteiger partial charge is 0.170 e. The van der Waals surface area contributed by atoms with Crippen LogP contribution in [0.1, 0.15) is 25.0 Å². The van der Waals surface area contributed by atoms with Gasteiger partial charge in [-0.2, -0.15) is 0 Å². The highest BCUT2D eigenvalue weighted by Gasteiger charge is 2.18. The van der Waals surface area contributed by atoms with Gasteiger partial charge in [-0.05, 0) is 25.1 Å². The van der Waals surface area contributed by atoms with Crippen LogP contribution in [0.5, 0.6) is 0 Å². The number of benzene rings is 1. The Bertz CT molecular complexity index is 455. The Kier molecular flexibility index (Phi) is 5.98. The molecule has 0 atom stereocenters. The maximum atomic E-state index is 8.80. The minimum atomic E-state index is 0.148. The molecule has 4 N–H and O–H groups in total. The standard InChI is InChI=1S/C15H26N4O/c1-15(2,11-19(3)4)10-17-9-12-7-5-6-8-13(12)14(16)18-20/h5-8,17,20H,9-11H2,1-4H3,(H2,16,18). The van der Waals surface area contributed by atoms with E-state index in [0.29, 0.717) is 6.54 Å². The van der Waals surface area contributed by atoms with Gasteiger partial charge in [-0.25, -0.2) is 0 Å². The van der Waals surface area contributed by atoms with Crippen molar-refractivity contribution in [2.24, 2.45) is 16.3 Å². The summed E-state index contributed by atoms with van der Waals surface area (Å²) in [6, 6.07) is 7.68. The molecule has 0 aliphatic heterocycles. The highest BCUT2D eigenvalue weighted by molar-refractivity contribution is 5.98. The molecule has 0 aliphatic rings. The Hall–Kier alpha value is -1.59. The second-order valence-corrected chi connectivity index (χ2v) is 6.15. The third-order valence-corrected chi connectivity index (χ3v) is 3.06. The molecule has 1 aromatic carbocycles. The average molecular weight is 278 g/mol. The van der Waals surface area contributed by atoms with Crippen molar-refractivity contribution in [2.75, 3.05) is 27.2 Å². The van der Waals surface area contributed by atoms with E-state index in [1.54, 1.807) is 0 Å². The Morgan fingerprint density at radius 2 is 2.00 bits per heavy atom. The van der Waals surface area contributed by atoms with Crippen LogP contribution in [0.25, 0.3) is 0 Å². The molecule has 20 heavy (non-hydrogen) atoms. The molecule has 0 heterocycles. The zero-order valence-electron chi connectivity index (χ0n) is 12.8. The molecule has 0 spiro atoms. The second kappa shape index (κ2) is 7.26. The van der Waals surface area contributed by atoms with E-state index in [4.69, 9.17) is 10.9 Å². The predicted molar refractivity (Wildman–Crippen MR) is 83.0 cm³/mol. The summed E-state index contributed by atoms with van der Waals surface area (Å²) < 4.78 is 0. The number of oxime groups is 1. The molecule has 112 valence electrons. The van der Waals surface area contributed by atoms with Gasteiger partial charge in [-0.15, -0.1) is 0 Å². The van der Waals surface area contributed by atoms with E-state index in [0.717, 1.165) is 24.2 Å². The molecule has 0 amide bonds. The van der Waals surface area contributed by atoms with Gasteiger partial charge in [0.25, 0.3) is 0 Å². The molecule has 1 rings (SSSR count). The number of hydrogen-bond donors (Lipinski definition) is 3. The molecular weight excluding hydrogens is 252 g/mol. The monoisotopic (exact) mass is 278 g/mol. The molecule has 5 heteroatoms. The maximum Gasteiger partial charge on any atom is 0.170 e. The summed E-state index contributed by atoms with van der Waals surface area (Å²) in [5, 5.41) is 15.3. The number of hydrogen-bond acceptors (Lipinski definition) is 4. The lowest BCUT2D eigenvalue weighted by atomic mass is 9.93. The molecule has 0 saturated carbocycles. The highest BCUT2D eigenvalue weighted by atomic mass is 16.4. The number of rotatable bonds is 7. The third-order valence-electron chi connectivity index (χ3n) is 3.06. The van der Waals surface area contributed by atoms with E-state index in [2.05, 4.69) is 43.3 Å². The summed E-state index contributed by atoms with van der Waals surface area (Å²) in [6.07, 6.45) is 0. The highest BCUT2D eigenvalue weighted by Crippen LogP contribution is 2.15. The second-order valence-electron chi connectivity index (χ2n) is 6.15. The number of amidine groups is 1. The summed E-state index contributed by atoms with van der Waals surface area (Å²) in [7, 11) is 4.16. The van der Waals surface area contributed by atoms with Crippen molar-refractivity contribution in [3.05, 3.63) is 35.4 Å². The molecule has 0 bridgehead atoms. The van der Waals surface area contributed by atoms with Crippen LogP contribution < -0.4 is 11.1 Å². The summed E-state index contributed by atoms with van der Waals surface area (Å²) in [5.41, 5.74) is 7.68. The molecule has 0 radical (unpaired) electrons. The van der Waals surface area contributed by atoms with Crippen LogP contribution >= 0.6 is 0 Å². The lowest BCUT2D eigenvalue weighted by molar-refractivity contribution is 0.232. The van der Waals surface area contributed by atoms with E-state index in [1.165, 1.54) is 0 Å². The largest absolute Gasteiger partial charge is 0.409 e. The van der Waals surface area contributed by atoms with Gasteiger partial charge in [0.15, 0.2) is 5.84 Å². The van der Waals surface area contributed by atoms with E-state index < -0.39 is 0 Å². The lowest BCUT2D eigenvalue weighted by Crippen LogP contribution is -2.37. The first-order valence-corrected chi connectivity index (χ1v) is 6.77. The molecule has 0 aromatic heterocycles. The maximum absolute atomic E-state index is 8.80. The van der Waals surface area contributed by atoms with Gasteiger partial charge in [-0.1, -0.05) is 43.3 Å². The first-order chi connectivity index (χ1) is 9.35. The quantitative estimate of drug-likeness (QED) is 0.305. The average Bonchev–Trinajstić information content (AvgIpc) is 2.36. The Labute approximate surface area is 121 Å². The van der Waals surface area contributed by atoms with E-state index in [9.17, 15) is 0 Å². The lowest BCUT2D eigenvalue weighted by Gasteiger charge is -2.28. The fourth-order valence-corrected chi connectivity index (χ4v) is 2.43. The topological polar surface area (TPSA) is 73.9 Å². The summed E-state index contributed by atoms with van der Waals surface area (Å²) >= 11 is 0. The number of nitrogens with one attached hydrogen (secondary N) is 1. The van der Waals surface area contributed by atoms with Gasteiger partial charge in [0.05, 0.1) is 0 Å². The van der Waals surface area contributed by atoms with E-state index in [-0.39, 0.29) is 11.3 Å². The fraction of sp³-hybridized carbons (Fsp3) is 0.533. The Balaban J connectivity index is 2.63. The van der Waals surface area contributed by atoms with Crippen LogP contribution in [0.15, 0.2) is 29.4 Å². The first kappa shape index (κ1) is 16.5. The van der Waals surface area contributed by atoms with Crippen molar-refractivity contribution >= 4 is 5.84 Å². The zero-order valence-corrected chi connectivity index (χ0v) is 12.8. The SMILES string of the molecule is CN(C)CC(C)(C)CNCc1ccccc1C(N)=NO. The molecule has 0 aliphatic carbocycles. The van der Waals surface area contributed by atoms with Crippen LogP contribution in [0.4, 0.5) is 0 Å². The molecule has 0 fully saturated rings. The van der Waals surface area contributed by atoms with Gasteiger partial charge < -0.3 is 21.2 Å². The third kappa shape index (κ3) is 5.19. The van der Waals surface area contributed by atoms with Crippen molar-refractivity contribution in [1.29, 1.82) is 0 Å². The van der Waals surface area contributed by atoms with Crippen LogP contribution in [0.2, 0.25) is 0 Å². The van der Waals surface area contributed by atoms with Crippen molar-refractivity contribution in [3.8, 4) is 0 Å². The van der Waals surface area contributed by atoms with Gasteiger partial charge in [0, 0.05) is 25.2 Å².